The topological polar surface area (TPSA) is 42.2 Å². The molecule has 2 aliphatic rings. The number of hydrogen-bond acceptors (Lipinski definition) is 4. The quantitative estimate of drug-likeness (QED) is 0.803. The van der Waals surface area contributed by atoms with Gasteiger partial charge in [-0.1, -0.05) is 23.8 Å². The minimum atomic E-state index is 0.252. The highest BCUT2D eigenvalue weighted by Gasteiger charge is 2.28. The third-order valence-electron chi connectivity index (χ3n) is 3.86. The van der Waals surface area contributed by atoms with Crippen molar-refractivity contribution in [2.24, 2.45) is 0 Å². The first-order valence-corrected chi connectivity index (χ1v) is 6.62. The van der Waals surface area contributed by atoms with Crippen LogP contribution in [0.2, 0.25) is 0 Å². The zero-order valence-corrected chi connectivity index (χ0v) is 11.0. The molecule has 2 unspecified atom stereocenters. The second kappa shape index (κ2) is 4.69. The van der Waals surface area contributed by atoms with Gasteiger partial charge in [-0.2, -0.15) is 0 Å². The monoisotopic (exact) mass is 245 g/mol. The molecule has 0 bridgehead atoms. The molecule has 1 aromatic rings. The van der Waals surface area contributed by atoms with E-state index in [-0.39, 0.29) is 5.92 Å². The number of aromatic nitrogens is 2. The van der Waals surface area contributed by atoms with Crippen LogP contribution in [0.5, 0.6) is 0 Å². The number of likely N-dealkylation sites (tertiary alicyclic amines) is 1. The Morgan fingerprint density at radius 2 is 2.17 bits per heavy atom. The summed E-state index contributed by atoms with van der Waals surface area (Å²) in [7, 11) is 2.12. The first kappa shape index (κ1) is 11.7. The smallest absolute Gasteiger partial charge is 0.233 e. The molecule has 2 atom stereocenters. The third kappa shape index (κ3) is 2.12. The molecule has 0 radical (unpaired) electrons. The van der Waals surface area contributed by atoms with Crippen LogP contribution >= 0.6 is 0 Å². The summed E-state index contributed by atoms with van der Waals surface area (Å²) in [6.07, 6.45) is 9.80. The highest BCUT2D eigenvalue weighted by atomic mass is 16.4. The fourth-order valence-electron chi connectivity index (χ4n) is 2.66. The van der Waals surface area contributed by atoms with Gasteiger partial charge in [-0.15, -0.1) is 10.2 Å². The van der Waals surface area contributed by atoms with E-state index in [0.29, 0.717) is 6.04 Å². The molecule has 0 saturated carbocycles. The average molecular weight is 245 g/mol. The first-order valence-electron chi connectivity index (χ1n) is 6.62. The van der Waals surface area contributed by atoms with Crippen molar-refractivity contribution in [2.45, 2.75) is 38.1 Å². The number of rotatable bonds is 2. The molecule has 0 amide bonds. The summed E-state index contributed by atoms with van der Waals surface area (Å²) in [6, 6.07) is 0.316. The Hall–Kier alpha value is -1.42. The number of allylic oxidation sites excluding steroid dienone is 4. The summed E-state index contributed by atoms with van der Waals surface area (Å²) >= 11 is 0. The van der Waals surface area contributed by atoms with Gasteiger partial charge in [-0.3, -0.25) is 4.90 Å². The fourth-order valence-corrected chi connectivity index (χ4v) is 2.66. The molecule has 0 N–H and O–H groups in total. The van der Waals surface area contributed by atoms with Crippen molar-refractivity contribution in [3.63, 3.8) is 0 Å². The van der Waals surface area contributed by atoms with E-state index in [9.17, 15) is 0 Å². The molecule has 2 heterocycles. The number of hydrogen-bond donors (Lipinski definition) is 0. The van der Waals surface area contributed by atoms with E-state index < -0.39 is 0 Å². The third-order valence-corrected chi connectivity index (χ3v) is 3.86. The van der Waals surface area contributed by atoms with E-state index >= 15 is 0 Å². The van der Waals surface area contributed by atoms with E-state index in [2.05, 4.69) is 47.3 Å². The van der Waals surface area contributed by atoms with Crippen molar-refractivity contribution in [3.8, 4) is 0 Å². The van der Waals surface area contributed by atoms with E-state index in [4.69, 9.17) is 4.42 Å². The molecule has 4 heteroatoms. The van der Waals surface area contributed by atoms with Gasteiger partial charge in [0.25, 0.3) is 0 Å². The Morgan fingerprint density at radius 1 is 1.33 bits per heavy atom. The van der Waals surface area contributed by atoms with Crippen LogP contribution < -0.4 is 0 Å². The van der Waals surface area contributed by atoms with Crippen LogP contribution in [0, 0.1) is 0 Å². The summed E-state index contributed by atoms with van der Waals surface area (Å²) in [6.45, 7) is 3.23. The van der Waals surface area contributed by atoms with Crippen molar-refractivity contribution < 1.29 is 4.42 Å². The normalized spacial score (nSPS) is 28.7. The van der Waals surface area contributed by atoms with Crippen LogP contribution in [0.15, 0.2) is 28.2 Å². The van der Waals surface area contributed by atoms with Crippen LogP contribution in [0.4, 0.5) is 0 Å². The van der Waals surface area contributed by atoms with Crippen molar-refractivity contribution in [3.05, 3.63) is 35.6 Å². The minimum absolute atomic E-state index is 0.252. The van der Waals surface area contributed by atoms with Gasteiger partial charge in [0.1, 0.15) is 0 Å². The largest absolute Gasteiger partial charge is 0.423 e. The van der Waals surface area contributed by atoms with Crippen molar-refractivity contribution in [2.75, 3.05) is 13.6 Å². The van der Waals surface area contributed by atoms with Crippen LogP contribution in [0.1, 0.15) is 49.9 Å². The van der Waals surface area contributed by atoms with Crippen LogP contribution in [-0.2, 0) is 0 Å². The molecule has 1 aliphatic heterocycles. The molecule has 1 aromatic heterocycles. The molecule has 96 valence electrons. The number of nitrogens with zero attached hydrogens (tertiary/aromatic N) is 3. The van der Waals surface area contributed by atoms with E-state index in [1.54, 1.807) is 0 Å². The lowest BCUT2D eigenvalue weighted by atomic mass is 9.97. The highest BCUT2D eigenvalue weighted by Crippen LogP contribution is 2.32. The Bertz CT molecular complexity index is 489. The molecular formula is C14H19N3O. The van der Waals surface area contributed by atoms with E-state index in [1.165, 1.54) is 12.0 Å². The van der Waals surface area contributed by atoms with Gasteiger partial charge in [0.15, 0.2) is 0 Å². The standard InChI is InChI=1S/C14H19N3O/c1-10-5-7-11(8-6-10)13-15-16-14(18-13)12-4-3-9-17(12)2/h5-7,11-12H,3-4,8-9H2,1-2H3. The predicted molar refractivity (Wildman–Crippen MR) is 69.2 cm³/mol. The molecule has 0 spiro atoms. The van der Waals surface area contributed by atoms with Gasteiger partial charge in [0, 0.05) is 0 Å². The Kier molecular flexibility index (Phi) is 3.04. The lowest BCUT2D eigenvalue weighted by molar-refractivity contribution is 0.261. The molecule has 1 saturated heterocycles. The first-order chi connectivity index (χ1) is 8.74. The highest BCUT2D eigenvalue weighted by molar-refractivity contribution is 5.25. The molecule has 3 rings (SSSR count). The maximum absolute atomic E-state index is 5.87. The maximum atomic E-state index is 5.87. The summed E-state index contributed by atoms with van der Waals surface area (Å²) in [5.41, 5.74) is 1.31. The van der Waals surface area contributed by atoms with Crippen LogP contribution in [0.3, 0.4) is 0 Å². The minimum Gasteiger partial charge on any atom is -0.423 e. The molecular weight excluding hydrogens is 226 g/mol. The lowest BCUT2D eigenvalue weighted by Gasteiger charge is -2.15. The summed E-state index contributed by atoms with van der Waals surface area (Å²) < 4.78 is 5.87. The zero-order valence-electron chi connectivity index (χ0n) is 11.0. The van der Waals surface area contributed by atoms with Crippen molar-refractivity contribution in [1.82, 2.24) is 15.1 Å². The van der Waals surface area contributed by atoms with E-state index in [1.807, 2.05) is 0 Å². The molecule has 4 nitrogen and oxygen atoms in total. The SMILES string of the molecule is CC1=CCC(c2nnc(C3CCCN3C)o2)C=C1. The van der Waals surface area contributed by atoms with Crippen molar-refractivity contribution >= 4 is 0 Å². The van der Waals surface area contributed by atoms with Crippen molar-refractivity contribution in [1.29, 1.82) is 0 Å². The second-order valence-corrected chi connectivity index (χ2v) is 5.27. The molecule has 18 heavy (non-hydrogen) atoms. The summed E-state index contributed by atoms with van der Waals surface area (Å²) in [5.74, 6) is 1.79. The van der Waals surface area contributed by atoms with Gasteiger partial charge in [0.05, 0.1) is 12.0 Å². The lowest BCUT2D eigenvalue weighted by Crippen LogP contribution is -2.17. The predicted octanol–water partition coefficient (Wildman–Crippen LogP) is 2.83. The second-order valence-electron chi connectivity index (χ2n) is 5.27. The zero-order chi connectivity index (χ0) is 12.5. The summed E-state index contributed by atoms with van der Waals surface area (Å²) in [4.78, 5) is 2.29. The Labute approximate surface area is 107 Å². The van der Waals surface area contributed by atoms with Gasteiger partial charge < -0.3 is 4.42 Å². The molecule has 0 aromatic carbocycles. The van der Waals surface area contributed by atoms with Crippen LogP contribution in [-0.4, -0.2) is 28.7 Å². The fraction of sp³-hybridized carbons (Fsp3) is 0.571. The summed E-state index contributed by atoms with van der Waals surface area (Å²) in [5, 5.41) is 8.45. The van der Waals surface area contributed by atoms with Gasteiger partial charge in [-0.25, -0.2) is 0 Å². The Morgan fingerprint density at radius 3 is 2.83 bits per heavy atom. The molecule has 1 fully saturated rings. The average Bonchev–Trinajstić information content (AvgIpc) is 2.98. The van der Waals surface area contributed by atoms with E-state index in [0.717, 1.165) is 31.2 Å². The van der Waals surface area contributed by atoms with Crippen LogP contribution in [0.25, 0.3) is 0 Å². The molecule has 1 aliphatic carbocycles. The van der Waals surface area contributed by atoms with Gasteiger partial charge in [-0.05, 0) is 39.8 Å². The Balaban J connectivity index is 1.76. The van der Waals surface area contributed by atoms with Gasteiger partial charge >= 0.3 is 0 Å². The maximum Gasteiger partial charge on any atom is 0.233 e. The van der Waals surface area contributed by atoms with Gasteiger partial charge in [0.2, 0.25) is 11.8 Å².